The van der Waals surface area contributed by atoms with E-state index in [0.29, 0.717) is 6.42 Å². The van der Waals surface area contributed by atoms with Gasteiger partial charge in [-0.05, 0) is 18.6 Å². The number of aliphatic carboxylic acids is 1. The number of nitrogens with zero attached hydrogens (tertiary/aromatic N) is 1. The predicted octanol–water partition coefficient (Wildman–Crippen LogP) is 7.76. The van der Waals surface area contributed by atoms with Gasteiger partial charge in [-0.2, -0.15) is 0 Å². The molecular weight excluding hydrogens is 386 g/mol. The predicted molar refractivity (Wildman–Crippen MR) is 131 cm³/mol. The van der Waals surface area contributed by atoms with Crippen LogP contribution in [-0.4, -0.2) is 23.5 Å². The molecule has 1 N–H and O–H groups in total. The highest BCUT2D eigenvalue weighted by atomic mass is 16.4. The summed E-state index contributed by atoms with van der Waals surface area (Å²) in [6.45, 7) is 2.50. The van der Waals surface area contributed by atoms with Crippen LogP contribution in [0.1, 0.15) is 116 Å². The van der Waals surface area contributed by atoms with Gasteiger partial charge < -0.3 is 10.0 Å². The lowest BCUT2D eigenvalue weighted by atomic mass is 10.0. The number of hydrogen-bond acceptors (Lipinski definition) is 2. The number of carboxylic acid groups (broad SMARTS) is 1. The summed E-state index contributed by atoms with van der Waals surface area (Å²) in [5.74, 6) is -0.845. The van der Waals surface area contributed by atoms with Crippen molar-refractivity contribution < 1.29 is 14.7 Å². The quantitative estimate of drug-likeness (QED) is 0.215. The molecule has 0 spiro atoms. The minimum atomic E-state index is -0.874. The van der Waals surface area contributed by atoms with Crippen molar-refractivity contribution in [2.45, 2.75) is 116 Å². The average Bonchev–Trinajstić information content (AvgIpc) is 2.77. The summed E-state index contributed by atoms with van der Waals surface area (Å²) < 4.78 is 0. The number of unbranched alkanes of at least 4 members (excludes halogenated alkanes) is 14. The van der Waals surface area contributed by atoms with Crippen molar-refractivity contribution in [1.82, 2.24) is 0 Å². The highest BCUT2D eigenvalue weighted by molar-refractivity contribution is 5.93. The van der Waals surface area contributed by atoms with Gasteiger partial charge >= 0.3 is 5.97 Å². The van der Waals surface area contributed by atoms with Gasteiger partial charge in [-0.15, -0.1) is 0 Å². The fraction of sp³-hybridized carbons (Fsp3) is 0.704. The lowest BCUT2D eigenvalue weighted by Crippen LogP contribution is -2.32. The molecule has 1 aromatic carbocycles. The zero-order chi connectivity index (χ0) is 22.6. The molecule has 0 saturated heterocycles. The number of carbonyl (C=O) groups is 2. The summed E-state index contributed by atoms with van der Waals surface area (Å²) in [6.07, 6.45) is 20.0. The Kier molecular flexibility index (Phi) is 16.6. The number of para-hydroxylation sites is 1. The lowest BCUT2D eigenvalue weighted by molar-refractivity contribution is -0.136. The molecule has 0 unspecified atom stereocenters. The van der Waals surface area contributed by atoms with Gasteiger partial charge in [0.1, 0.15) is 0 Å². The first kappa shape index (κ1) is 27.2. The first-order valence-corrected chi connectivity index (χ1v) is 12.7. The van der Waals surface area contributed by atoms with Crippen LogP contribution < -0.4 is 4.90 Å². The van der Waals surface area contributed by atoms with Crippen LogP contribution in [0.4, 0.5) is 5.69 Å². The normalized spacial score (nSPS) is 10.9. The van der Waals surface area contributed by atoms with Crippen LogP contribution in [0.3, 0.4) is 0 Å². The Hall–Kier alpha value is -1.84. The van der Waals surface area contributed by atoms with E-state index in [1.165, 1.54) is 83.5 Å². The fourth-order valence-corrected chi connectivity index (χ4v) is 4.00. The molecule has 0 radical (unpaired) electrons. The third-order valence-corrected chi connectivity index (χ3v) is 5.91. The van der Waals surface area contributed by atoms with E-state index in [1.807, 2.05) is 30.3 Å². The van der Waals surface area contributed by atoms with Gasteiger partial charge in [0.2, 0.25) is 5.91 Å². The Morgan fingerprint density at radius 2 is 1.13 bits per heavy atom. The molecule has 0 heterocycles. The van der Waals surface area contributed by atoms with Crippen LogP contribution in [0.2, 0.25) is 0 Å². The number of carboxylic acids is 1. The summed E-state index contributed by atoms with van der Waals surface area (Å²) in [5.41, 5.74) is 0.787. The van der Waals surface area contributed by atoms with E-state index >= 15 is 0 Å². The number of anilines is 1. The van der Waals surface area contributed by atoms with Gasteiger partial charge in [-0.1, -0.05) is 115 Å². The molecule has 1 rings (SSSR count). The minimum Gasteiger partial charge on any atom is -0.481 e. The first-order valence-electron chi connectivity index (χ1n) is 12.7. The van der Waals surface area contributed by atoms with Gasteiger partial charge in [0.15, 0.2) is 0 Å². The molecule has 0 atom stereocenters. The lowest BCUT2D eigenvalue weighted by Gasteiger charge is -2.22. The number of hydrogen-bond donors (Lipinski definition) is 1. The smallest absolute Gasteiger partial charge is 0.305 e. The van der Waals surface area contributed by atoms with Crippen LogP contribution in [-0.2, 0) is 9.59 Å². The maximum Gasteiger partial charge on any atom is 0.305 e. The third-order valence-electron chi connectivity index (χ3n) is 5.91. The second kappa shape index (κ2) is 18.9. The van der Waals surface area contributed by atoms with Crippen molar-refractivity contribution in [3.05, 3.63) is 30.3 Å². The van der Waals surface area contributed by atoms with E-state index < -0.39 is 5.97 Å². The van der Waals surface area contributed by atoms with E-state index in [1.54, 1.807) is 4.90 Å². The second-order valence-corrected chi connectivity index (χ2v) is 8.72. The molecule has 0 aliphatic heterocycles. The summed E-state index contributed by atoms with van der Waals surface area (Å²) in [6, 6.07) is 9.39. The van der Waals surface area contributed by atoms with Crippen molar-refractivity contribution in [3.63, 3.8) is 0 Å². The molecule has 4 nitrogen and oxygen atoms in total. The summed E-state index contributed by atoms with van der Waals surface area (Å²) in [7, 11) is 0. The zero-order valence-corrected chi connectivity index (χ0v) is 19.8. The first-order chi connectivity index (χ1) is 15.1. The minimum absolute atomic E-state index is 0.0283. The molecule has 176 valence electrons. The number of amides is 1. The molecule has 0 saturated carbocycles. The fourth-order valence-electron chi connectivity index (χ4n) is 4.00. The Labute approximate surface area is 190 Å². The topological polar surface area (TPSA) is 57.6 Å². The third kappa shape index (κ3) is 14.7. The molecule has 0 bridgehead atoms. The number of carbonyl (C=O) groups excluding carboxylic acids is 1. The van der Waals surface area contributed by atoms with E-state index in [4.69, 9.17) is 5.11 Å². The number of rotatable bonds is 20. The maximum atomic E-state index is 12.6. The second-order valence-electron chi connectivity index (χ2n) is 8.72. The molecule has 4 heteroatoms. The van der Waals surface area contributed by atoms with Crippen molar-refractivity contribution in [3.8, 4) is 0 Å². The van der Waals surface area contributed by atoms with Gasteiger partial charge in [0.25, 0.3) is 0 Å². The Bertz CT molecular complexity index is 573. The van der Waals surface area contributed by atoms with Gasteiger partial charge in [0.05, 0.1) is 6.42 Å². The molecular formula is C27H45NO3. The van der Waals surface area contributed by atoms with Gasteiger partial charge in [0, 0.05) is 18.7 Å². The maximum absolute atomic E-state index is 12.6. The van der Waals surface area contributed by atoms with E-state index in [9.17, 15) is 9.59 Å². The standard InChI is InChI=1S/C27H45NO3/c1-2-3-4-5-6-7-8-9-10-11-12-13-14-15-19-22-26(29)28(24-23-27(30)31)25-20-17-16-18-21-25/h16-18,20-21H,2-15,19,22-24H2,1H3,(H,30,31). The van der Waals surface area contributed by atoms with E-state index in [-0.39, 0.29) is 18.9 Å². The average molecular weight is 432 g/mol. The van der Waals surface area contributed by atoms with Crippen molar-refractivity contribution in [2.24, 2.45) is 0 Å². The summed E-state index contributed by atoms with van der Waals surface area (Å²) in [4.78, 5) is 25.2. The summed E-state index contributed by atoms with van der Waals surface area (Å²) in [5, 5.41) is 8.97. The summed E-state index contributed by atoms with van der Waals surface area (Å²) >= 11 is 0. The van der Waals surface area contributed by atoms with Crippen LogP contribution >= 0.6 is 0 Å². The molecule has 31 heavy (non-hydrogen) atoms. The van der Waals surface area contributed by atoms with Crippen molar-refractivity contribution in [2.75, 3.05) is 11.4 Å². The van der Waals surface area contributed by atoms with Crippen LogP contribution in [0, 0.1) is 0 Å². The Morgan fingerprint density at radius 1 is 0.677 bits per heavy atom. The Balaban J connectivity index is 2.04. The van der Waals surface area contributed by atoms with E-state index in [2.05, 4.69) is 6.92 Å². The Morgan fingerprint density at radius 3 is 1.58 bits per heavy atom. The zero-order valence-electron chi connectivity index (χ0n) is 19.8. The van der Waals surface area contributed by atoms with Crippen LogP contribution in [0.15, 0.2) is 30.3 Å². The highest BCUT2D eigenvalue weighted by Gasteiger charge is 2.16. The highest BCUT2D eigenvalue weighted by Crippen LogP contribution is 2.17. The molecule has 1 amide bonds. The van der Waals surface area contributed by atoms with Crippen LogP contribution in [0.25, 0.3) is 0 Å². The largest absolute Gasteiger partial charge is 0.481 e. The van der Waals surface area contributed by atoms with Crippen LogP contribution in [0.5, 0.6) is 0 Å². The van der Waals surface area contributed by atoms with E-state index in [0.717, 1.165) is 18.5 Å². The SMILES string of the molecule is CCCCCCCCCCCCCCCCCC(=O)N(CCC(=O)O)c1ccccc1. The van der Waals surface area contributed by atoms with Crippen molar-refractivity contribution >= 4 is 17.6 Å². The monoisotopic (exact) mass is 431 g/mol. The molecule has 0 aliphatic rings. The van der Waals surface area contributed by atoms with Gasteiger partial charge in [-0.25, -0.2) is 0 Å². The molecule has 0 fully saturated rings. The van der Waals surface area contributed by atoms with Crippen molar-refractivity contribution in [1.29, 1.82) is 0 Å². The van der Waals surface area contributed by atoms with Gasteiger partial charge in [-0.3, -0.25) is 9.59 Å². The molecule has 0 aromatic heterocycles. The molecule has 0 aliphatic carbocycles. The number of benzene rings is 1. The molecule has 1 aromatic rings.